The Morgan fingerprint density at radius 3 is 2.57 bits per heavy atom. The fraction of sp³-hybridized carbons (Fsp3) is 0.649. The van der Waals surface area contributed by atoms with Gasteiger partial charge in [0.15, 0.2) is 0 Å². The van der Waals surface area contributed by atoms with E-state index in [0.717, 1.165) is 31.3 Å². The maximum atomic E-state index is 13.9. The summed E-state index contributed by atoms with van der Waals surface area (Å²) in [4.78, 5) is 13.9. The molecule has 13 atom stereocenters. The standard InChI is InChI=1S/C37H48O9/c1-6-7-8-9-10-11-15-18-42-31(39)27-23(4)19-26-35(27,41)32(40)34(21-38)30(43-34)28-29-33(22(2)3)20-24(5)36(26,28)46-37(44-29,45-33)25-16-13-12-14-17-25/h10-18,23-24,26-30,32,38,40-41H,2,6-9,19-21H2,1,3-5H3/b11-10+,18-15+/t23-,24+,26+,27+,28+,29+,30-,32+,33+,34-,35+,36-,37?/m0/s1. The van der Waals surface area contributed by atoms with Crippen LogP contribution >= 0.6 is 0 Å². The fourth-order valence-corrected chi connectivity index (χ4v) is 10.1. The van der Waals surface area contributed by atoms with Crippen molar-refractivity contribution in [1.29, 1.82) is 0 Å². The van der Waals surface area contributed by atoms with E-state index in [1.807, 2.05) is 56.3 Å². The molecule has 3 saturated carbocycles. The third kappa shape index (κ3) is 4.09. The van der Waals surface area contributed by atoms with Gasteiger partial charge in [-0.3, -0.25) is 4.79 Å². The molecule has 1 aromatic carbocycles. The van der Waals surface area contributed by atoms with Gasteiger partial charge in [-0.2, -0.15) is 0 Å². The zero-order valence-electron chi connectivity index (χ0n) is 27.3. The van der Waals surface area contributed by atoms with Crippen LogP contribution in [-0.4, -0.2) is 68.6 Å². The number of fused-ring (bicyclic) bond motifs is 3. The van der Waals surface area contributed by atoms with Gasteiger partial charge >= 0.3 is 11.9 Å². The molecule has 3 N–H and O–H groups in total. The first-order valence-electron chi connectivity index (χ1n) is 17.0. The molecule has 0 aromatic heterocycles. The highest BCUT2D eigenvalue weighted by atomic mass is 16.9. The van der Waals surface area contributed by atoms with Gasteiger partial charge < -0.3 is 39.0 Å². The minimum absolute atomic E-state index is 0.234. The van der Waals surface area contributed by atoms with Crippen molar-refractivity contribution in [2.75, 3.05) is 6.61 Å². The molecule has 0 spiro atoms. The number of ether oxygens (including phenoxy) is 5. The molecule has 3 aliphatic heterocycles. The van der Waals surface area contributed by atoms with Gasteiger partial charge in [-0.15, -0.1) is 0 Å². The van der Waals surface area contributed by atoms with Crippen LogP contribution in [0.2, 0.25) is 0 Å². The van der Waals surface area contributed by atoms with Crippen LogP contribution in [0.15, 0.2) is 67.0 Å². The van der Waals surface area contributed by atoms with Gasteiger partial charge in [0.1, 0.15) is 35.1 Å². The van der Waals surface area contributed by atoms with E-state index in [4.69, 9.17) is 23.7 Å². The second-order valence-corrected chi connectivity index (χ2v) is 14.7. The molecule has 3 heterocycles. The van der Waals surface area contributed by atoms with Crippen LogP contribution in [0.25, 0.3) is 0 Å². The predicted molar refractivity (Wildman–Crippen MR) is 168 cm³/mol. The molecule has 1 aromatic rings. The van der Waals surface area contributed by atoms with E-state index in [0.29, 0.717) is 18.4 Å². The molecule has 6 aliphatic rings. The molecular weight excluding hydrogens is 588 g/mol. The Morgan fingerprint density at radius 1 is 1.11 bits per heavy atom. The van der Waals surface area contributed by atoms with E-state index in [-0.39, 0.29) is 11.8 Å². The smallest absolute Gasteiger partial charge is 0.317 e. The second kappa shape index (κ2) is 11.1. The second-order valence-electron chi connectivity index (χ2n) is 14.7. The number of epoxide rings is 1. The number of hydrogen-bond acceptors (Lipinski definition) is 9. The Morgan fingerprint density at radius 2 is 1.87 bits per heavy atom. The zero-order valence-corrected chi connectivity index (χ0v) is 27.3. The predicted octanol–water partition coefficient (Wildman–Crippen LogP) is 4.65. The molecule has 1 unspecified atom stereocenters. The summed E-state index contributed by atoms with van der Waals surface area (Å²) in [5.41, 5.74) is -4.19. The minimum Gasteiger partial charge on any atom is -0.434 e. The van der Waals surface area contributed by atoms with E-state index in [1.165, 1.54) is 6.26 Å². The lowest BCUT2D eigenvalue weighted by molar-refractivity contribution is -0.443. The minimum atomic E-state index is -2.04. The summed E-state index contributed by atoms with van der Waals surface area (Å²) in [7, 11) is 0. The normalized spacial score (nSPS) is 48.2. The first-order valence-corrected chi connectivity index (χ1v) is 17.0. The van der Waals surface area contributed by atoms with Gasteiger partial charge in [-0.25, -0.2) is 0 Å². The highest BCUT2D eigenvalue weighted by Crippen LogP contribution is 2.75. The van der Waals surface area contributed by atoms with Crippen LogP contribution in [0.1, 0.15) is 71.8 Å². The molecule has 3 aliphatic carbocycles. The van der Waals surface area contributed by atoms with Crippen LogP contribution in [0.4, 0.5) is 0 Å². The zero-order chi connectivity index (χ0) is 32.7. The quantitative estimate of drug-likeness (QED) is 0.0840. The van der Waals surface area contributed by atoms with E-state index < -0.39 is 77.0 Å². The highest BCUT2D eigenvalue weighted by molar-refractivity contribution is 5.76. The van der Waals surface area contributed by atoms with Gasteiger partial charge in [0, 0.05) is 17.4 Å². The van der Waals surface area contributed by atoms with Crippen molar-refractivity contribution in [3.8, 4) is 0 Å². The Hall–Kier alpha value is -2.37. The highest BCUT2D eigenvalue weighted by Gasteiger charge is 2.89. The number of unbranched alkanes of at least 4 members (excludes halogenated alkanes) is 3. The summed E-state index contributed by atoms with van der Waals surface area (Å²) in [5, 5.41) is 36.0. The molecule has 6 fully saturated rings. The number of rotatable bonds is 10. The van der Waals surface area contributed by atoms with Crippen LogP contribution in [-0.2, 0) is 34.5 Å². The summed E-state index contributed by atoms with van der Waals surface area (Å²) >= 11 is 0. The monoisotopic (exact) mass is 636 g/mol. The molecule has 3 saturated heterocycles. The summed E-state index contributed by atoms with van der Waals surface area (Å²) in [5.74, 6) is -5.23. The molecule has 9 nitrogen and oxygen atoms in total. The van der Waals surface area contributed by atoms with Gasteiger partial charge in [0.25, 0.3) is 0 Å². The van der Waals surface area contributed by atoms with E-state index >= 15 is 0 Å². The Bertz CT molecular complexity index is 1430. The van der Waals surface area contributed by atoms with Gasteiger partial charge in [0.05, 0.1) is 24.4 Å². The Kier molecular flexibility index (Phi) is 7.76. The topological polar surface area (TPSA) is 127 Å². The summed E-state index contributed by atoms with van der Waals surface area (Å²) < 4.78 is 32.9. The third-order valence-corrected chi connectivity index (χ3v) is 12.2. The number of carbonyl (C=O) groups is 1. The van der Waals surface area contributed by atoms with Gasteiger partial charge in [-0.1, -0.05) is 82.7 Å². The fourth-order valence-electron chi connectivity index (χ4n) is 10.1. The number of benzene rings is 1. The Labute approximate surface area is 271 Å². The van der Waals surface area contributed by atoms with Crippen molar-refractivity contribution in [1.82, 2.24) is 0 Å². The lowest BCUT2D eigenvalue weighted by atomic mass is 9.53. The van der Waals surface area contributed by atoms with E-state index in [2.05, 4.69) is 20.4 Å². The number of hydrogen-bond donors (Lipinski definition) is 3. The number of esters is 1. The van der Waals surface area contributed by atoms with Gasteiger partial charge in [-0.05, 0) is 56.1 Å². The van der Waals surface area contributed by atoms with Gasteiger partial charge in [0.2, 0.25) is 0 Å². The number of allylic oxidation sites excluding steroid dienone is 3. The molecule has 9 heteroatoms. The molecule has 3 bridgehead atoms. The van der Waals surface area contributed by atoms with Crippen molar-refractivity contribution in [2.45, 2.75) is 113 Å². The largest absolute Gasteiger partial charge is 0.434 e. The summed E-state index contributed by atoms with van der Waals surface area (Å²) in [6.45, 7) is 11.8. The molecule has 0 amide bonds. The number of aliphatic hydroxyl groups excluding tert-OH is 2. The van der Waals surface area contributed by atoms with Crippen molar-refractivity contribution >= 4 is 5.97 Å². The van der Waals surface area contributed by atoms with Crippen LogP contribution in [0, 0.1) is 29.6 Å². The van der Waals surface area contributed by atoms with Crippen LogP contribution < -0.4 is 0 Å². The molecule has 0 radical (unpaired) electrons. The van der Waals surface area contributed by atoms with Crippen LogP contribution in [0.5, 0.6) is 0 Å². The third-order valence-electron chi connectivity index (χ3n) is 12.2. The first kappa shape index (κ1) is 32.2. The number of aliphatic hydroxyl groups is 3. The molecule has 250 valence electrons. The SMILES string of the molecule is C=C(C)[C@]12C[C@@H](C)[C@@]34OC(c5ccccc5)(O[C@@H]1[C@@H]3[C@@H]1O[C@]1(CO)[C@@H](O)[C@@]1(O)[C@H]4C[C@H](C)[C@@H]1C(=O)O/C=C/C=C/CCCCC)O2. The van der Waals surface area contributed by atoms with E-state index in [9.17, 15) is 20.1 Å². The lowest BCUT2D eigenvalue weighted by Gasteiger charge is -2.60. The van der Waals surface area contributed by atoms with Crippen molar-refractivity contribution in [3.63, 3.8) is 0 Å². The van der Waals surface area contributed by atoms with E-state index in [1.54, 1.807) is 6.08 Å². The average Bonchev–Trinajstić information content (AvgIpc) is 3.65. The maximum absolute atomic E-state index is 13.9. The molecular formula is C37H48O9. The first-order chi connectivity index (χ1) is 22.0. The Balaban J connectivity index is 1.31. The summed E-state index contributed by atoms with van der Waals surface area (Å²) in [6, 6.07) is 9.47. The average molecular weight is 637 g/mol. The molecule has 46 heavy (non-hydrogen) atoms. The summed E-state index contributed by atoms with van der Waals surface area (Å²) in [6.07, 6.45) is 9.19. The maximum Gasteiger partial charge on any atom is 0.317 e. The van der Waals surface area contributed by atoms with Crippen molar-refractivity contribution in [2.24, 2.45) is 29.6 Å². The number of carbonyl (C=O) groups excluding carboxylic acids is 1. The van der Waals surface area contributed by atoms with Crippen molar-refractivity contribution < 1.29 is 43.8 Å². The lowest BCUT2D eigenvalue weighted by Crippen LogP contribution is -2.72. The van der Waals surface area contributed by atoms with Crippen LogP contribution in [0.3, 0.4) is 0 Å². The van der Waals surface area contributed by atoms with Crippen molar-refractivity contribution in [3.05, 3.63) is 72.5 Å². The molecule has 7 rings (SSSR count).